The van der Waals surface area contributed by atoms with Gasteiger partial charge in [-0.3, -0.25) is 9.59 Å². The lowest BCUT2D eigenvalue weighted by Gasteiger charge is -2.29. The molecule has 0 saturated carbocycles. The zero-order valence-electron chi connectivity index (χ0n) is 14.0. The Kier molecular flexibility index (Phi) is 4.19. The number of carbonyl (C=O) groups is 2. The molecule has 1 aromatic heterocycles. The number of hydrogen-bond acceptors (Lipinski definition) is 6. The summed E-state index contributed by atoms with van der Waals surface area (Å²) in [7, 11) is 0. The highest BCUT2D eigenvalue weighted by Crippen LogP contribution is 2.47. The molecule has 1 N–H and O–H groups in total. The number of amides is 1. The van der Waals surface area contributed by atoms with Crippen LogP contribution in [0.5, 0.6) is 0 Å². The maximum absolute atomic E-state index is 12.5. The van der Waals surface area contributed by atoms with E-state index in [4.69, 9.17) is 16.3 Å². The molecule has 26 heavy (non-hydrogen) atoms. The second kappa shape index (κ2) is 6.28. The topological polar surface area (TPSA) is 92.4 Å². The minimum atomic E-state index is -0.592. The fourth-order valence-electron chi connectivity index (χ4n) is 3.46. The molecule has 2 atom stereocenters. The molecule has 7 nitrogen and oxygen atoms in total. The van der Waals surface area contributed by atoms with E-state index in [0.29, 0.717) is 28.1 Å². The molecule has 0 aliphatic carbocycles. The zero-order valence-corrected chi connectivity index (χ0v) is 15.5. The molecule has 0 bridgehead atoms. The third kappa shape index (κ3) is 2.87. The molecule has 2 aliphatic heterocycles. The van der Waals surface area contributed by atoms with Gasteiger partial charge in [0, 0.05) is 17.2 Å². The normalized spacial score (nSPS) is 24.9. The predicted molar refractivity (Wildman–Crippen MR) is 97.9 cm³/mol. The number of aromatic nitrogens is 2. The van der Waals surface area contributed by atoms with Gasteiger partial charge in [0.15, 0.2) is 0 Å². The molecule has 1 amide bonds. The molecule has 4 rings (SSSR count). The smallest absolute Gasteiger partial charge is 0.330 e. The summed E-state index contributed by atoms with van der Waals surface area (Å²) < 4.78 is 5.34. The zero-order chi connectivity index (χ0) is 18.5. The Balaban J connectivity index is 1.50. The summed E-state index contributed by atoms with van der Waals surface area (Å²) in [6.07, 6.45) is 1.19. The van der Waals surface area contributed by atoms with Gasteiger partial charge in [0.05, 0.1) is 15.8 Å². The molecular weight excluding hydrogens is 378 g/mol. The second-order valence-corrected chi connectivity index (χ2v) is 8.49. The molecule has 2 aliphatic rings. The van der Waals surface area contributed by atoms with E-state index in [1.165, 1.54) is 6.07 Å². The number of aromatic amines is 1. The molecule has 2 fully saturated rings. The highest BCUT2D eigenvalue weighted by atomic mass is 35.5. The molecule has 2 aromatic rings. The van der Waals surface area contributed by atoms with Crippen molar-refractivity contribution >= 4 is 46.1 Å². The first-order valence-electron chi connectivity index (χ1n) is 8.19. The number of benzene rings is 1. The van der Waals surface area contributed by atoms with Crippen molar-refractivity contribution in [1.82, 2.24) is 14.9 Å². The van der Waals surface area contributed by atoms with Gasteiger partial charge in [-0.25, -0.2) is 9.78 Å². The maximum Gasteiger partial charge on any atom is 0.330 e. The van der Waals surface area contributed by atoms with Gasteiger partial charge in [-0.2, -0.15) is 0 Å². The van der Waals surface area contributed by atoms with Gasteiger partial charge in [0.2, 0.25) is 5.91 Å². The average Bonchev–Trinajstić information content (AvgIpc) is 3.10. The lowest BCUT2D eigenvalue weighted by Crippen LogP contribution is -2.46. The summed E-state index contributed by atoms with van der Waals surface area (Å²) in [4.78, 5) is 44.9. The summed E-state index contributed by atoms with van der Waals surface area (Å²) in [5, 5.41) is 0.819. The van der Waals surface area contributed by atoms with Gasteiger partial charge in [-0.05, 0) is 31.5 Å². The van der Waals surface area contributed by atoms with Crippen LogP contribution in [0.3, 0.4) is 0 Å². The van der Waals surface area contributed by atoms with E-state index in [-0.39, 0.29) is 28.8 Å². The number of fused-ring (bicyclic) bond motifs is 2. The van der Waals surface area contributed by atoms with Crippen LogP contribution in [0.4, 0.5) is 0 Å². The van der Waals surface area contributed by atoms with Crippen molar-refractivity contribution in [3.8, 4) is 0 Å². The summed E-state index contributed by atoms with van der Waals surface area (Å²) in [5.74, 6) is 0.268. The van der Waals surface area contributed by atoms with Crippen LogP contribution in [0.25, 0.3) is 10.9 Å². The Morgan fingerprint density at radius 1 is 1.50 bits per heavy atom. The molecular formula is C17H16ClN3O4S. The van der Waals surface area contributed by atoms with E-state index in [9.17, 15) is 14.4 Å². The standard InChI is InChI=1S/C17H16ClN3O4S/c1-17-5-4-14(22)21(17)12(8-26-17)16(24)25-7-13-19-11-3-2-9(18)6-10(11)15(23)20-13/h2-3,6,12H,4-5,7-8H2,1H3,(H,19,20,23)/t12-,17-/m0/s1. The first-order chi connectivity index (χ1) is 12.4. The molecule has 2 saturated heterocycles. The van der Waals surface area contributed by atoms with Gasteiger partial charge < -0.3 is 14.6 Å². The molecule has 3 heterocycles. The lowest BCUT2D eigenvalue weighted by atomic mass is 10.2. The van der Waals surface area contributed by atoms with Crippen molar-refractivity contribution in [3.63, 3.8) is 0 Å². The Morgan fingerprint density at radius 3 is 3.12 bits per heavy atom. The molecule has 0 unspecified atom stereocenters. The van der Waals surface area contributed by atoms with Gasteiger partial charge in [-0.1, -0.05) is 11.6 Å². The third-order valence-corrected chi connectivity index (χ3v) is 6.52. The Labute approximate surface area is 158 Å². The SMILES string of the molecule is C[C@]12CCC(=O)N1[C@H](C(=O)OCc1nc3ccc(Cl)cc3c(=O)[nH]1)CS2. The number of nitrogens with one attached hydrogen (secondary N) is 1. The highest BCUT2D eigenvalue weighted by molar-refractivity contribution is 8.01. The number of hydrogen-bond donors (Lipinski definition) is 1. The number of nitrogens with zero attached hydrogens (tertiary/aromatic N) is 2. The van der Waals surface area contributed by atoms with Crippen LogP contribution in [0, 0.1) is 0 Å². The van der Waals surface area contributed by atoms with Crippen LogP contribution in [-0.4, -0.2) is 43.4 Å². The van der Waals surface area contributed by atoms with Crippen LogP contribution in [0.1, 0.15) is 25.6 Å². The summed E-state index contributed by atoms with van der Waals surface area (Å²) >= 11 is 7.49. The number of esters is 1. The van der Waals surface area contributed by atoms with E-state index in [0.717, 1.165) is 6.42 Å². The van der Waals surface area contributed by atoms with Crippen molar-refractivity contribution in [2.45, 2.75) is 37.3 Å². The summed E-state index contributed by atoms with van der Waals surface area (Å²) in [6, 6.07) is 4.22. The Morgan fingerprint density at radius 2 is 2.31 bits per heavy atom. The van der Waals surface area contributed by atoms with E-state index in [1.54, 1.807) is 28.8 Å². The monoisotopic (exact) mass is 393 g/mol. The van der Waals surface area contributed by atoms with Crippen molar-refractivity contribution in [3.05, 3.63) is 39.4 Å². The molecule has 0 spiro atoms. The number of ether oxygens (including phenoxy) is 1. The molecule has 1 aromatic carbocycles. The van der Waals surface area contributed by atoms with E-state index in [2.05, 4.69) is 9.97 Å². The molecule has 9 heteroatoms. The first-order valence-corrected chi connectivity index (χ1v) is 9.55. The van der Waals surface area contributed by atoms with Crippen LogP contribution in [-0.2, 0) is 20.9 Å². The lowest BCUT2D eigenvalue weighted by molar-refractivity contribution is -0.154. The highest BCUT2D eigenvalue weighted by Gasteiger charge is 2.53. The predicted octanol–water partition coefficient (Wildman–Crippen LogP) is 2.07. The first kappa shape index (κ1) is 17.4. The average molecular weight is 394 g/mol. The number of H-pyrrole nitrogens is 1. The Hall–Kier alpha value is -2.06. The van der Waals surface area contributed by atoms with E-state index >= 15 is 0 Å². The van der Waals surface area contributed by atoms with Gasteiger partial charge in [0.25, 0.3) is 5.56 Å². The van der Waals surface area contributed by atoms with Crippen LogP contribution < -0.4 is 5.56 Å². The van der Waals surface area contributed by atoms with Crippen molar-refractivity contribution in [2.24, 2.45) is 0 Å². The number of rotatable bonds is 3. The van der Waals surface area contributed by atoms with Gasteiger partial charge in [0.1, 0.15) is 18.5 Å². The summed E-state index contributed by atoms with van der Waals surface area (Å²) in [5.41, 5.74) is 0.130. The van der Waals surface area contributed by atoms with Gasteiger partial charge in [-0.15, -0.1) is 11.8 Å². The minimum Gasteiger partial charge on any atom is -0.456 e. The Bertz CT molecular complexity index is 978. The largest absolute Gasteiger partial charge is 0.456 e. The fourth-order valence-corrected chi connectivity index (χ4v) is 5.05. The number of halogens is 1. The second-order valence-electron chi connectivity index (χ2n) is 6.55. The van der Waals surface area contributed by atoms with Crippen molar-refractivity contribution in [2.75, 3.05) is 5.75 Å². The van der Waals surface area contributed by atoms with E-state index in [1.807, 2.05) is 6.92 Å². The third-order valence-electron chi connectivity index (χ3n) is 4.78. The summed E-state index contributed by atoms with van der Waals surface area (Å²) in [6.45, 7) is 1.82. The van der Waals surface area contributed by atoms with Crippen molar-refractivity contribution < 1.29 is 14.3 Å². The van der Waals surface area contributed by atoms with E-state index < -0.39 is 12.0 Å². The molecule has 0 radical (unpaired) electrons. The van der Waals surface area contributed by atoms with Crippen LogP contribution >= 0.6 is 23.4 Å². The minimum absolute atomic E-state index is 0.0198. The fraction of sp³-hybridized carbons (Fsp3) is 0.412. The maximum atomic E-state index is 12.5. The van der Waals surface area contributed by atoms with Crippen molar-refractivity contribution in [1.29, 1.82) is 0 Å². The molecule has 136 valence electrons. The quantitative estimate of drug-likeness (QED) is 0.802. The van der Waals surface area contributed by atoms with Gasteiger partial charge >= 0.3 is 5.97 Å². The van der Waals surface area contributed by atoms with Crippen LogP contribution in [0.15, 0.2) is 23.0 Å². The number of thioether (sulfide) groups is 1. The number of carbonyl (C=O) groups excluding carboxylic acids is 2. The van der Waals surface area contributed by atoms with Crippen LogP contribution in [0.2, 0.25) is 5.02 Å².